The summed E-state index contributed by atoms with van der Waals surface area (Å²) in [5, 5.41) is 0. The van der Waals surface area contributed by atoms with Gasteiger partial charge in [0.25, 0.3) is 0 Å². The lowest BCUT2D eigenvalue weighted by Gasteiger charge is -2.46. The Balaban J connectivity index is 7.83. The molecule has 32 heteroatoms. The summed E-state index contributed by atoms with van der Waals surface area (Å²) in [5.74, 6) is -84.4. The van der Waals surface area contributed by atoms with Crippen LogP contribution in [0, 0.1) is 0 Å². The van der Waals surface area contributed by atoms with Crippen LogP contribution in [0.2, 0.25) is 0 Å². The molecule has 0 aromatic carbocycles. The number of hydrogen-bond acceptors (Lipinski definition) is 4. The van der Waals surface area contributed by atoms with Crippen molar-refractivity contribution in [2.75, 3.05) is 0 Å². The molecule has 0 aliphatic heterocycles. The maximum Gasteiger partial charge on any atom is 0.485 e. The highest BCUT2D eigenvalue weighted by Crippen LogP contribution is 2.67. The van der Waals surface area contributed by atoms with E-state index < -0.39 is 77.7 Å². The quantitative estimate of drug-likeness (QED) is 0.101. The fourth-order valence-corrected chi connectivity index (χ4v) is 2.16. The summed E-state index contributed by atoms with van der Waals surface area (Å²) >= 11 is 0. The first kappa shape index (κ1) is 42.9. The van der Waals surface area contributed by atoms with E-state index in [1.54, 1.807) is 0 Å². The van der Waals surface area contributed by atoms with Gasteiger partial charge in [-0.1, -0.05) is 0 Å². The molecule has 0 aliphatic rings. The van der Waals surface area contributed by atoms with Gasteiger partial charge in [0.2, 0.25) is 0 Å². The van der Waals surface area contributed by atoms with Gasteiger partial charge in [0.15, 0.2) is 0 Å². The van der Waals surface area contributed by atoms with Crippen LogP contribution in [0.4, 0.5) is 123 Å². The van der Waals surface area contributed by atoms with Crippen LogP contribution in [0.1, 0.15) is 0 Å². The highest BCUT2D eigenvalue weighted by atomic mass is 19.4. The Morgan fingerprint density at radius 2 is 0.533 bits per heavy atom. The molecule has 0 aromatic rings. The zero-order chi connectivity index (χ0) is 37.3. The summed E-state index contributed by atoms with van der Waals surface area (Å²) < 4.78 is 367. The standard InChI is InChI=1S/C13F28O4/c14-1(15,3(18,19)5(22,23)7(26,27)10(30,31)32)2(16,17)4(20,21)6(24,25)8(28,9(29,42-40)12(36,37)43-41)44-45-13(38,39)11(33,34)35. The molecule has 272 valence electrons. The summed E-state index contributed by atoms with van der Waals surface area (Å²) in [7, 11) is 0. The largest absolute Gasteiger partial charge is 0.485 e. The first-order valence-electron chi connectivity index (χ1n) is 8.96. The summed E-state index contributed by atoms with van der Waals surface area (Å²) in [5.41, 5.74) is 0. The van der Waals surface area contributed by atoms with Gasteiger partial charge in [-0.3, -0.25) is 0 Å². The van der Waals surface area contributed by atoms with Crippen molar-refractivity contribution in [3.05, 3.63) is 0 Å². The number of hydrogen-bond donors (Lipinski definition) is 0. The highest BCUT2D eigenvalue weighted by molar-refractivity contribution is 5.18. The van der Waals surface area contributed by atoms with Crippen molar-refractivity contribution in [3.8, 4) is 0 Å². The Kier molecular flexibility index (Phi) is 10.5. The van der Waals surface area contributed by atoms with Crippen LogP contribution in [-0.2, 0) is 19.7 Å². The third kappa shape index (κ3) is 5.52. The Bertz CT molecular complexity index is 1040. The number of rotatable bonds is 14. The molecule has 0 radical (unpaired) electrons. The van der Waals surface area contributed by atoms with Gasteiger partial charge in [-0.2, -0.15) is 124 Å². The summed E-state index contributed by atoms with van der Waals surface area (Å²) in [4.78, 5) is 3.87. The van der Waals surface area contributed by atoms with Crippen molar-refractivity contribution in [3.63, 3.8) is 0 Å². The molecule has 0 bridgehead atoms. The summed E-state index contributed by atoms with van der Waals surface area (Å²) in [6.45, 7) is 0. The Morgan fingerprint density at radius 1 is 0.244 bits per heavy atom. The Labute approximate surface area is 222 Å². The van der Waals surface area contributed by atoms with E-state index in [0.717, 1.165) is 19.7 Å². The van der Waals surface area contributed by atoms with E-state index in [9.17, 15) is 123 Å². The number of alkyl halides is 26. The lowest BCUT2D eigenvalue weighted by atomic mass is 9.85. The molecule has 0 N–H and O–H groups in total. The smallest absolute Gasteiger partial charge is 0.195 e. The van der Waals surface area contributed by atoms with Crippen LogP contribution < -0.4 is 0 Å². The maximum absolute atomic E-state index is 14.6. The van der Waals surface area contributed by atoms with E-state index in [0.29, 0.717) is 0 Å². The molecule has 0 saturated heterocycles. The lowest BCUT2D eigenvalue weighted by Crippen LogP contribution is -2.79. The molecule has 0 amide bonds. The van der Waals surface area contributed by atoms with Gasteiger partial charge in [0.1, 0.15) is 0 Å². The molecular formula is C13F28O4. The van der Waals surface area contributed by atoms with E-state index >= 15 is 0 Å². The zero-order valence-corrected chi connectivity index (χ0v) is 18.7. The van der Waals surface area contributed by atoms with Crippen LogP contribution in [0.25, 0.3) is 0 Å². The van der Waals surface area contributed by atoms with Crippen molar-refractivity contribution < 1.29 is 143 Å². The summed E-state index contributed by atoms with van der Waals surface area (Å²) in [6, 6.07) is 0. The molecule has 0 saturated carbocycles. The molecule has 0 heterocycles. The first-order valence-corrected chi connectivity index (χ1v) is 8.96. The molecular weight excluding hydrogens is 752 g/mol. The maximum atomic E-state index is 14.6. The third-order valence-electron chi connectivity index (χ3n) is 4.71. The van der Waals surface area contributed by atoms with Gasteiger partial charge in [0, 0.05) is 0 Å². The van der Waals surface area contributed by atoms with E-state index in [1.165, 1.54) is 0 Å². The molecule has 45 heavy (non-hydrogen) atoms. The molecule has 0 fully saturated rings. The fourth-order valence-electron chi connectivity index (χ4n) is 2.16. The van der Waals surface area contributed by atoms with E-state index in [-0.39, 0.29) is 0 Å². The van der Waals surface area contributed by atoms with Gasteiger partial charge in [0.05, 0.1) is 0 Å². The molecule has 0 spiro atoms. The Morgan fingerprint density at radius 3 is 0.778 bits per heavy atom. The molecule has 0 aromatic heterocycles. The van der Waals surface area contributed by atoms with Crippen LogP contribution >= 0.6 is 0 Å². The van der Waals surface area contributed by atoms with Crippen molar-refractivity contribution >= 4 is 0 Å². The average Bonchev–Trinajstić information content (AvgIpc) is 2.84. The van der Waals surface area contributed by atoms with Crippen LogP contribution in [-0.4, -0.2) is 77.7 Å². The van der Waals surface area contributed by atoms with Gasteiger partial charge in [-0.25, -0.2) is 0 Å². The predicted octanol–water partition coefficient (Wildman–Crippen LogP) is 8.83. The van der Waals surface area contributed by atoms with Gasteiger partial charge < -0.3 is 0 Å². The van der Waals surface area contributed by atoms with E-state index in [1.807, 2.05) is 0 Å². The normalized spacial score (nSPS) is 18.9. The van der Waals surface area contributed by atoms with Gasteiger partial charge in [-0.05, 0) is 9.05 Å². The SMILES string of the molecule is FOC(F)(F)C(F)(OF)C(F)(OOC(F)(F)C(F)(F)F)C(F)(F)C(F)(F)C(F)(F)C(F)(F)C(F)(F)C(F)(F)C(F)(F)C(F)(F)F. The molecule has 2 atom stereocenters. The second kappa shape index (κ2) is 11.0. The van der Waals surface area contributed by atoms with Crippen molar-refractivity contribution in [2.45, 2.75) is 77.7 Å². The van der Waals surface area contributed by atoms with Crippen molar-refractivity contribution in [2.24, 2.45) is 0 Å². The van der Waals surface area contributed by atoms with Gasteiger partial charge in [-0.15, -0.1) is 9.88 Å². The average molecular weight is 752 g/mol. The molecule has 4 nitrogen and oxygen atoms in total. The molecule has 2 unspecified atom stereocenters. The lowest BCUT2D eigenvalue weighted by molar-refractivity contribution is -0.625. The number of halogens is 28. The minimum absolute atomic E-state index is 0.767. The second-order valence-corrected chi connectivity index (χ2v) is 7.56. The van der Waals surface area contributed by atoms with Crippen LogP contribution in [0.3, 0.4) is 0 Å². The minimum atomic E-state index is -9.84. The second-order valence-electron chi connectivity index (χ2n) is 7.56. The third-order valence-corrected chi connectivity index (χ3v) is 4.71. The van der Waals surface area contributed by atoms with Crippen molar-refractivity contribution in [1.29, 1.82) is 0 Å². The Hall–Kier alpha value is -2.12. The van der Waals surface area contributed by atoms with E-state index in [2.05, 4.69) is 0 Å². The predicted molar refractivity (Wildman–Crippen MR) is 70.9 cm³/mol. The van der Waals surface area contributed by atoms with E-state index in [4.69, 9.17) is 0 Å². The van der Waals surface area contributed by atoms with Gasteiger partial charge >= 0.3 is 77.7 Å². The van der Waals surface area contributed by atoms with Crippen LogP contribution in [0.15, 0.2) is 0 Å². The zero-order valence-electron chi connectivity index (χ0n) is 18.7. The topological polar surface area (TPSA) is 36.9 Å². The first-order chi connectivity index (χ1) is 19.1. The minimum Gasteiger partial charge on any atom is -0.195 e. The van der Waals surface area contributed by atoms with Crippen molar-refractivity contribution in [1.82, 2.24) is 0 Å². The van der Waals surface area contributed by atoms with Crippen LogP contribution in [0.5, 0.6) is 0 Å². The molecule has 0 aliphatic carbocycles. The molecule has 0 rings (SSSR count). The summed E-state index contributed by atoms with van der Waals surface area (Å²) in [6.07, 6.45) is -31.8. The highest BCUT2D eigenvalue weighted by Gasteiger charge is 2.99. The monoisotopic (exact) mass is 752 g/mol. The fraction of sp³-hybridized carbons (Fsp3) is 1.00.